The Balaban J connectivity index is 2.13. The molecule has 2 rings (SSSR count). The number of aromatic hydroxyl groups is 1. The number of ether oxygens (including phenoxy) is 2. The average Bonchev–Trinajstić information content (AvgIpc) is 2.48. The number of hydrogen-bond acceptors (Lipinski definition) is 4. The van der Waals surface area contributed by atoms with Crippen LogP contribution in [-0.4, -0.2) is 18.0 Å². The second-order valence-electron chi connectivity index (χ2n) is 5.07. The van der Waals surface area contributed by atoms with Gasteiger partial charge in [0.2, 0.25) is 0 Å². The van der Waals surface area contributed by atoms with E-state index in [1.165, 1.54) is 6.07 Å². The highest BCUT2D eigenvalue weighted by molar-refractivity contribution is 5.82. The first-order chi connectivity index (χ1) is 10.6. The van der Waals surface area contributed by atoms with Crippen molar-refractivity contribution in [2.24, 2.45) is 0 Å². The first-order valence-electron chi connectivity index (χ1n) is 7.33. The van der Waals surface area contributed by atoms with Crippen LogP contribution >= 0.6 is 0 Å². The summed E-state index contributed by atoms with van der Waals surface area (Å²) in [6, 6.07) is 10.5. The Labute approximate surface area is 130 Å². The highest BCUT2D eigenvalue weighted by Gasteiger charge is 2.08. The number of carbonyl (C=O) groups is 1. The molecule has 0 atom stereocenters. The first kappa shape index (κ1) is 15.9. The summed E-state index contributed by atoms with van der Waals surface area (Å²) in [6.07, 6.45) is 2.72. The van der Waals surface area contributed by atoms with Crippen molar-refractivity contribution in [3.63, 3.8) is 0 Å². The van der Waals surface area contributed by atoms with E-state index in [9.17, 15) is 9.90 Å². The minimum Gasteiger partial charge on any atom is -0.507 e. The smallest absolute Gasteiger partial charge is 0.154 e. The van der Waals surface area contributed by atoms with Gasteiger partial charge in [-0.2, -0.15) is 0 Å². The maximum atomic E-state index is 10.9. The Bertz CT molecular complexity index is 626. The molecule has 0 heterocycles. The van der Waals surface area contributed by atoms with Gasteiger partial charge in [0.15, 0.2) is 6.29 Å². The summed E-state index contributed by atoms with van der Waals surface area (Å²) in [5, 5.41) is 9.81. The van der Waals surface area contributed by atoms with Gasteiger partial charge in [-0.1, -0.05) is 19.4 Å². The van der Waals surface area contributed by atoms with Gasteiger partial charge >= 0.3 is 0 Å². The minimum absolute atomic E-state index is 0.0830. The summed E-state index contributed by atoms with van der Waals surface area (Å²) in [4.78, 5) is 10.9. The van der Waals surface area contributed by atoms with Crippen LogP contribution in [0.15, 0.2) is 36.4 Å². The topological polar surface area (TPSA) is 55.8 Å². The van der Waals surface area contributed by atoms with Gasteiger partial charge < -0.3 is 14.6 Å². The highest BCUT2D eigenvalue weighted by Crippen LogP contribution is 2.31. The number of phenolic OH excluding ortho intramolecular Hbond substituents is 1. The number of rotatable bonds is 7. The third-order valence-corrected chi connectivity index (χ3v) is 3.26. The summed E-state index contributed by atoms with van der Waals surface area (Å²) in [7, 11) is 0. The molecule has 2 aromatic carbocycles. The standard InChI is InChI=1S/C18H20O4/c1-3-4-8-21-14-6-5-7-15(10-14)22-16-9-13(2)17(12-19)18(20)11-16/h5-7,9-12,20H,3-4,8H2,1-2H3. The Morgan fingerprint density at radius 1 is 1.14 bits per heavy atom. The van der Waals surface area contributed by atoms with Crippen molar-refractivity contribution in [1.29, 1.82) is 0 Å². The maximum absolute atomic E-state index is 10.9. The molecule has 0 radical (unpaired) electrons. The lowest BCUT2D eigenvalue weighted by Gasteiger charge is -2.11. The molecule has 2 aromatic rings. The molecule has 0 saturated heterocycles. The summed E-state index contributed by atoms with van der Waals surface area (Å²) < 4.78 is 11.4. The molecule has 0 amide bonds. The molecular formula is C18H20O4. The molecule has 0 aliphatic rings. The zero-order chi connectivity index (χ0) is 15.9. The second-order valence-corrected chi connectivity index (χ2v) is 5.07. The van der Waals surface area contributed by atoms with Gasteiger partial charge in [0, 0.05) is 12.1 Å². The van der Waals surface area contributed by atoms with Crippen LogP contribution in [0.4, 0.5) is 0 Å². The number of aldehydes is 1. The normalized spacial score (nSPS) is 10.3. The highest BCUT2D eigenvalue weighted by atomic mass is 16.5. The molecule has 0 fully saturated rings. The van der Waals surface area contributed by atoms with Gasteiger partial charge in [-0.05, 0) is 37.1 Å². The van der Waals surface area contributed by atoms with Crippen LogP contribution in [0, 0.1) is 6.92 Å². The van der Waals surface area contributed by atoms with Gasteiger partial charge in [0.25, 0.3) is 0 Å². The van der Waals surface area contributed by atoms with E-state index >= 15 is 0 Å². The lowest BCUT2D eigenvalue weighted by atomic mass is 10.1. The van der Waals surface area contributed by atoms with Crippen LogP contribution in [0.25, 0.3) is 0 Å². The summed E-state index contributed by atoms with van der Waals surface area (Å²) in [6.45, 7) is 4.54. The van der Waals surface area contributed by atoms with Crippen LogP contribution in [0.2, 0.25) is 0 Å². The SMILES string of the molecule is CCCCOc1cccc(Oc2cc(C)c(C=O)c(O)c2)c1. The molecular weight excluding hydrogens is 280 g/mol. The predicted molar refractivity (Wildman–Crippen MR) is 85.2 cm³/mol. The summed E-state index contributed by atoms with van der Waals surface area (Å²) in [5.74, 6) is 1.76. The Morgan fingerprint density at radius 3 is 2.59 bits per heavy atom. The van der Waals surface area contributed by atoms with E-state index < -0.39 is 0 Å². The third kappa shape index (κ3) is 4.01. The van der Waals surface area contributed by atoms with Crippen molar-refractivity contribution in [3.8, 4) is 23.0 Å². The number of unbranched alkanes of at least 4 members (excludes halogenated alkanes) is 1. The van der Waals surface area contributed by atoms with Gasteiger partial charge in [0.1, 0.15) is 23.0 Å². The molecule has 116 valence electrons. The number of carbonyl (C=O) groups excluding carboxylic acids is 1. The van der Waals surface area contributed by atoms with E-state index in [-0.39, 0.29) is 11.3 Å². The van der Waals surface area contributed by atoms with Crippen molar-refractivity contribution in [1.82, 2.24) is 0 Å². The molecule has 0 unspecified atom stereocenters. The van der Waals surface area contributed by atoms with Gasteiger partial charge in [-0.15, -0.1) is 0 Å². The van der Waals surface area contributed by atoms with E-state index in [2.05, 4.69) is 6.92 Å². The van der Waals surface area contributed by atoms with E-state index in [0.717, 1.165) is 18.6 Å². The molecule has 22 heavy (non-hydrogen) atoms. The monoisotopic (exact) mass is 300 g/mol. The fourth-order valence-corrected chi connectivity index (χ4v) is 2.06. The van der Waals surface area contributed by atoms with Crippen molar-refractivity contribution < 1.29 is 19.4 Å². The Morgan fingerprint density at radius 2 is 1.91 bits per heavy atom. The second kappa shape index (κ2) is 7.50. The van der Waals surface area contributed by atoms with Gasteiger partial charge in [-0.25, -0.2) is 0 Å². The number of benzene rings is 2. The van der Waals surface area contributed by atoms with Crippen LogP contribution in [0.1, 0.15) is 35.7 Å². The molecule has 0 saturated carbocycles. The van der Waals surface area contributed by atoms with Crippen molar-refractivity contribution in [2.75, 3.05) is 6.61 Å². The van der Waals surface area contributed by atoms with Gasteiger partial charge in [-0.3, -0.25) is 4.79 Å². The fraction of sp³-hybridized carbons (Fsp3) is 0.278. The van der Waals surface area contributed by atoms with Crippen molar-refractivity contribution >= 4 is 6.29 Å². The van der Waals surface area contributed by atoms with Crippen LogP contribution < -0.4 is 9.47 Å². The predicted octanol–water partition coefficient (Wildman–Crippen LogP) is 4.48. The molecule has 1 N–H and O–H groups in total. The molecule has 4 heteroatoms. The van der Waals surface area contributed by atoms with Crippen LogP contribution in [-0.2, 0) is 0 Å². The molecule has 0 spiro atoms. The Hall–Kier alpha value is -2.49. The zero-order valence-corrected chi connectivity index (χ0v) is 12.8. The van der Waals surface area contributed by atoms with E-state index in [1.54, 1.807) is 19.1 Å². The van der Waals surface area contributed by atoms with E-state index in [1.807, 2.05) is 18.2 Å². The van der Waals surface area contributed by atoms with Crippen molar-refractivity contribution in [3.05, 3.63) is 47.5 Å². The van der Waals surface area contributed by atoms with Crippen LogP contribution in [0.3, 0.4) is 0 Å². The zero-order valence-electron chi connectivity index (χ0n) is 12.8. The van der Waals surface area contributed by atoms with E-state index in [0.29, 0.717) is 30.0 Å². The molecule has 4 nitrogen and oxygen atoms in total. The maximum Gasteiger partial charge on any atom is 0.154 e. The summed E-state index contributed by atoms with van der Waals surface area (Å²) >= 11 is 0. The molecule has 0 aliphatic carbocycles. The number of aryl methyl sites for hydroxylation is 1. The first-order valence-corrected chi connectivity index (χ1v) is 7.33. The largest absolute Gasteiger partial charge is 0.507 e. The minimum atomic E-state index is -0.0830. The lowest BCUT2D eigenvalue weighted by Crippen LogP contribution is -1.96. The molecule has 0 bridgehead atoms. The Kier molecular flexibility index (Phi) is 5.42. The molecule has 0 aliphatic heterocycles. The quantitative estimate of drug-likeness (QED) is 0.605. The number of phenols is 1. The third-order valence-electron chi connectivity index (χ3n) is 3.26. The fourth-order valence-electron chi connectivity index (χ4n) is 2.06. The molecule has 0 aromatic heterocycles. The van der Waals surface area contributed by atoms with Gasteiger partial charge in [0.05, 0.1) is 12.2 Å². The lowest BCUT2D eigenvalue weighted by molar-refractivity contribution is 0.112. The average molecular weight is 300 g/mol. The summed E-state index contributed by atoms with van der Waals surface area (Å²) in [5.41, 5.74) is 0.948. The number of hydrogen-bond donors (Lipinski definition) is 1. The van der Waals surface area contributed by atoms with Crippen molar-refractivity contribution in [2.45, 2.75) is 26.7 Å². The van der Waals surface area contributed by atoms with Crippen LogP contribution in [0.5, 0.6) is 23.0 Å². The van der Waals surface area contributed by atoms with E-state index in [4.69, 9.17) is 9.47 Å².